The Morgan fingerprint density at radius 2 is 1.79 bits per heavy atom. The number of hydrogen-bond acceptors (Lipinski definition) is 7. The van der Waals surface area contributed by atoms with Crippen molar-refractivity contribution in [3.05, 3.63) is 64.2 Å². The van der Waals surface area contributed by atoms with Crippen molar-refractivity contribution in [1.29, 1.82) is 0 Å². The van der Waals surface area contributed by atoms with Crippen LogP contribution in [0.3, 0.4) is 0 Å². The molecule has 29 heavy (non-hydrogen) atoms. The zero-order chi connectivity index (χ0) is 21.1. The van der Waals surface area contributed by atoms with Gasteiger partial charge in [-0.25, -0.2) is 0 Å². The van der Waals surface area contributed by atoms with Crippen molar-refractivity contribution in [1.82, 2.24) is 0 Å². The van der Waals surface area contributed by atoms with Crippen molar-refractivity contribution in [2.45, 2.75) is 13.0 Å². The van der Waals surface area contributed by atoms with Gasteiger partial charge in [-0.15, -0.1) is 0 Å². The highest BCUT2D eigenvalue weighted by atomic mass is 16.6. The lowest BCUT2D eigenvalue weighted by atomic mass is 10.1. The number of benzene rings is 2. The fourth-order valence-electron chi connectivity index (χ4n) is 2.80. The molecule has 148 valence electrons. The Bertz CT molecular complexity index is 1030. The van der Waals surface area contributed by atoms with Gasteiger partial charge in [0.05, 0.1) is 16.2 Å². The molecule has 1 N–H and O–H groups in total. The molecule has 1 atom stereocenters. The van der Waals surface area contributed by atoms with Crippen LogP contribution in [0.15, 0.2) is 48.5 Å². The third kappa shape index (κ3) is 3.95. The van der Waals surface area contributed by atoms with Crippen LogP contribution in [0.2, 0.25) is 0 Å². The number of hydrogen-bond donors (Lipinski definition) is 1. The van der Waals surface area contributed by atoms with Gasteiger partial charge in [-0.05, 0) is 25.1 Å². The number of rotatable bonds is 6. The number of fused-ring (bicyclic) bond motifs is 1. The molecule has 3 rings (SSSR count). The molecule has 0 bridgehead atoms. The molecule has 0 unspecified atom stereocenters. The van der Waals surface area contributed by atoms with Crippen molar-refractivity contribution in [3.8, 4) is 0 Å². The number of para-hydroxylation sites is 3. The lowest BCUT2D eigenvalue weighted by Gasteiger charge is -2.18. The minimum Gasteiger partial charge on any atom is -0.451 e. The summed E-state index contributed by atoms with van der Waals surface area (Å²) in [6.07, 6.45) is -1.29. The number of Topliss-reactive ketones (excluding diaryl/α,β-unsaturated/α-hetero) is 1. The summed E-state index contributed by atoms with van der Waals surface area (Å²) in [6.45, 7) is 0.734. The first kappa shape index (κ1) is 19.7. The van der Waals surface area contributed by atoms with Crippen molar-refractivity contribution in [2.24, 2.45) is 0 Å². The summed E-state index contributed by atoms with van der Waals surface area (Å²) in [5, 5.41) is 13.3. The van der Waals surface area contributed by atoms with Crippen LogP contribution >= 0.6 is 0 Å². The first-order valence-corrected chi connectivity index (χ1v) is 8.48. The van der Waals surface area contributed by atoms with Gasteiger partial charge in [-0.3, -0.25) is 34.2 Å². The number of ether oxygens (including phenoxy) is 1. The SMILES string of the molecule is C[C@@H](OC(=O)CN1C(=O)C(=O)c2ccccc21)C(=O)Nc1ccccc1[N+](=O)[O-]. The third-order valence-corrected chi connectivity index (χ3v) is 4.20. The number of nitrogens with zero attached hydrogens (tertiary/aromatic N) is 2. The molecule has 10 nitrogen and oxygen atoms in total. The lowest BCUT2D eigenvalue weighted by molar-refractivity contribution is -0.383. The number of anilines is 2. The molecule has 2 amide bonds. The number of nitrogens with one attached hydrogen (secondary N) is 1. The second-order valence-corrected chi connectivity index (χ2v) is 6.13. The molecule has 0 saturated carbocycles. The summed E-state index contributed by atoms with van der Waals surface area (Å²) in [4.78, 5) is 59.8. The van der Waals surface area contributed by atoms with Gasteiger partial charge in [0, 0.05) is 6.07 Å². The highest BCUT2D eigenvalue weighted by Gasteiger charge is 2.37. The molecule has 1 heterocycles. The van der Waals surface area contributed by atoms with Gasteiger partial charge in [0.2, 0.25) is 0 Å². The smallest absolute Gasteiger partial charge is 0.326 e. The van der Waals surface area contributed by atoms with E-state index in [1.54, 1.807) is 12.1 Å². The highest BCUT2D eigenvalue weighted by molar-refractivity contribution is 6.52. The molecular formula is C19H15N3O7. The van der Waals surface area contributed by atoms with Crippen LogP contribution in [0.5, 0.6) is 0 Å². The van der Waals surface area contributed by atoms with Crippen molar-refractivity contribution in [3.63, 3.8) is 0 Å². The van der Waals surface area contributed by atoms with Crippen molar-refractivity contribution < 1.29 is 28.8 Å². The molecule has 0 aliphatic carbocycles. The fourth-order valence-corrected chi connectivity index (χ4v) is 2.80. The minimum absolute atomic E-state index is 0.0420. The second-order valence-electron chi connectivity index (χ2n) is 6.13. The van der Waals surface area contributed by atoms with E-state index >= 15 is 0 Å². The maximum Gasteiger partial charge on any atom is 0.326 e. The van der Waals surface area contributed by atoms with Crippen molar-refractivity contribution in [2.75, 3.05) is 16.8 Å². The Morgan fingerprint density at radius 1 is 1.14 bits per heavy atom. The summed E-state index contributed by atoms with van der Waals surface area (Å²) >= 11 is 0. The van der Waals surface area contributed by atoms with Crippen LogP contribution in [-0.4, -0.2) is 41.1 Å². The maximum absolute atomic E-state index is 12.2. The quantitative estimate of drug-likeness (QED) is 0.339. The van der Waals surface area contributed by atoms with Gasteiger partial charge in [-0.1, -0.05) is 24.3 Å². The molecule has 0 aromatic heterocycles. The van der Waals surface area contributed by atoms with Crippen LogP contribution < -0.4 is 10.2 Å². The van der Waals surface area contributed by atoms with Crippen LogP contribution in [0.1, 0.15) is 17.3 Å². The summed E-state index contributed by atoms with van der Waals surface area (Å²) in [7, 11) is 0. The zero-order valence-corrected chi connectivity index (χ0v) is 15.2. The first-order valence-electron chi connectivity index (χ1n) is 8.48. The standard InChI is InChI=1S/C19H15N3O7/c1-11(18(25)20-13-7-3-5-9-15(13)22(27)28)29-16(23)10-21-14-8-4-2-6-12(14)17(24)19(21)26/h2-9,11H,10H2,1H3,(H,20,25)/t11-/m1/s1. The van der Waals surface area contributed by atoms with Gasteiger partial charge in [-0.2, -0.15) is 0 Å². The molecule has 0 fully saturated rings. The molecule has 2 aromatic rings. The molecule has 10 heteroatoms. The Hall–Kier alpha value is -4.08. The fraction of sp³-hybridized carbons (Fsp3) is 0.158. The monoisotopic (exact) mass is 397 g/mol. The van der Waals surface area contributed by atoms with Crippen LogP contribution in [0, 0.1) is 10.1 Å². The Balaban J connectivity index is 1.64. The van der Waals surface area contributed by atoms with E-state index in [1.807, 2.05) is 0 Å². The molecule has 0 radical (unpaired) electrons. The number of nitro groups is 1. The Kier molecular flexibility index (Phi) is 5.35. The van der Waals surface area contributed by atoms with E-state index in [1.165, 1.54) is 43.3 Å². The van der Waals surface area contributed by atoms with Crippen LogP contribution in [0.4, 0.5) is 17.1 Å². The number of carbonyl (C=O) groups is 4. The number of nitro benzene ring substituents is 1. The van der Waals surface area contributed by atoms with E-state index in [-0.39, 0.29) is 22.6 Å². The molecule has 0 spiro atoms. The van der Waals surface area contributed by atoms with Gasteiger partial charge in [0.25, 0.3) is 23.3 Å². The molecular weight excluding hydrogens is 382 g/mol. The van der Waals surface area contributed by atoms with Crippen molar-refractivity contribution >= 4 is 40.6 Å². The third-order valence-electron chi connectivity index (χ3n) is 4.20. The number of amides is 2. The van der Waals surface area contributed by atoms with Gasteiger partial charge in [0.1, 0.15) is 12.2 Å². The Labute approximate surface area is 164 Å². The predicted molar refractivity (Wildman–Crippen MR) is 100 cm³/mol. The van der Waals surface area contributed by atoms with Gasteiger partial charge >= 0.3 is 5.97 Å². The van der Waals surface area contributed by atoms with E-state index in [2.05, 4.69) is 5.32 Å². The molecule has 1 aliphatic rings. The summed E-state index contributed by atoms with van der Waals surface area (Å²) < 4.78 is 5.02. The predicted octanol–water partition coefficient (Wildman–Crippen LogP) is 1.69. The average molecular weight is 397 g/mol. The molecule has 1 aliphatic heterocycles. The highest BCUT2D eigenvalue weighted by Crippen LogP contribution is 2.28. The first-order chi connectivity index (χ1) is 13.8. The molecule has 2 aromatic carbocycles. The Morgan fingerprint density at radius 3 is 2.52 bits per heavy atom. The van der Waals surface area contributed by atoms with E-state index in [9.17, 15) is 29.3 Å². The minimum atomic E-state index is -1.29. The summed E-state index contributed by atoms with van der Waals surface area (Å²) in [5.74, 6) is -3.28. The van der Waals surface area contributed by atoms with E-state index in [0.717, 1.165) is 4.90 Å². The average Bonchev–Trinajstić information content (AvgIpc) is 2.93. The number of ketones is 1. The van der Waals surface area contributed by atoms with Gasteiger partial charge < -0.3 is 10.1 Å². The number of carbonyl (C=O) groups excluding carboxylic acids is 4. The van der Waals surface area contributed by atoms with Crippen LogP contribution in [-0.2, 0) is 19.1 Å². The van der Waals surface area contributed by atoms with E-state index in [4.69, 9.17) is 4.74 Å². The topological polar surface area (TPSA) is 136 Å². The van der Waals surface area contributed by atoms with Crippen LogP contribution in [0.25, 0.3) is 0 Å². The van der Waals surface area contributed by atoms with E-state index < -0.39 is 41.1 Å². The normalized spacial score (nSPS) is 13.6. The maximum atomic E-state index is 12.2. The number of esters is 1. The second kappa shape index (κ2) is 7.89. The van der Waals surface area contributed by atoms with Gasteiger partial charge in [0.15, 0.2) is 6.10 Å². The lowest BCUT2D eigenvalue weighted by Crippen LogP contribution is -2.38. The summed E-state index contributed by atoms with van der Waals surface area (Å²) in [6, 6.07) is 11.7. The largest absolute Gasteiger partial charge is 0.451 e. The molecule has 0 saturated heterocycles. The zero-order valence-electron chi connectivity index (χ0n) is 15.2. The summed E-state index contributed by atoms with van der Waals surface area (Å²) in [5.41, 5.74) is 0.126. The van der Waals surface area contributed by atoms with E-state index in [0.29, 0.717) is 0 Å².